The highest BCUT2D eigenvalue weighted by molar-refractivity contribution is 5.83. The van der Waals surface area contributed by atoms with E-state index in [0.717, 1.165) is 32.1 Å². The van der Waals surface area contributed by atoms with Crippen LogP contribution in [0.2, 0.25) is 0 Å². The van der Waals surface area contributed by atoms with Gasteiger partial charge in [-0.1, -0.05) is 49.8 Å². The summed E-state index contributed by atoms with van der Waals surface area (Å²) < 4.78 is 0. The Bertz CT molecular complexity index is 806. The van der Waals surface area contributed by atoms with Gasteiger partial charge >= 0.3 is 5.97 Å². The van der Waals surface area contributed by atoms with Crippen molar-refractivity contribution in [3.05, 3.63) is 47.1 Å². The van der Waals surface area contributed by atoms with Gasteiger partial charge in [0.05, 0.1) is 5.54 Å². The second-order valence-corrected chi connectivity index (χ2v) is 10.4. The number of rotatable bonds is 8. The van der Waals surface area contributed by atoms with Gasteiger partial charge < -0.3 is 15.3 Å². The third kappa shape index (κ3) is 5.39. The predicted molar refractivity (Wildman–Crippen MR) is 123 cm³/mol. The summed E-state index contributed by atoms with van der Waals surface area (Å²) in [6, 6.07) is 0. The number of hydrogen-bond acceptors (Lipinski definition) is 4. The second kappa shape index (κ2) is 9.43. The molecule has 0 aliphatic heterocycles. The zero-order chi connectivity index (χ0) is 22.8. The molecule has 0 radical (unpaired) electrons. The molecule has 0 aromatic rings. The van der Waals surface area contributed by atoms with Gasteiger partial charge in [-0.15, -0.1) is 0 Å². The number of aliphatic hydroxyl groups excluding tert-OH is 1. The molecular weight excluding hydrogens is 390 g/mol. The van der Waals surface area contributed by atoms with Crippen LogP contribution in [0.15, 0.2) is 47.1 Å². The summed E-state index contributed by atoms with van der Waals surface area (Å²) in [7, 11) is 0. The number of hydrogen-bond donors (Lipinski definition) is 4. The van der Waals surface area contributed by atoms with Gasteiger partial charge in [0.25, 0.3) is 0 Å². The first-order chi connectivity index (χ1) is 14.6. The Morgan fingerprint density at radius 1 is 1.26 bits per heavy atom. The van der Waals surface area contributed by atoms with Crippen LogP contribution in [0.25, 0.3) is 0 Å². The van der Waals surface area contributed by atoms with Crippen LogP contribution in [0.3, 0.4) is 0 Å². The molecule has 5 nitrogen and oxygen atoms in total. The topological polar surface area (TPSA) is 89.8 Å². The molecule has 3 unspecified atom stereocenters. The number of aliphatic carboxylic acids is 1. The molecule has 0 saturated heterocycles. The smallest absolute Gasteiger partial charge is 0.324 e. The zero-order valence-electron chi connectivity index (χ0n) is 19.4. The molecule has 0 heterocycles. The lowest BCUT2D eigenvalue weighted by Gasteiger charge is -2.39. The molecular formula is C26H39NO4. The predicted octanol–water partition coefficient (Wildman–Crippen LogP) is 4.48. The Balaban J connectivity index is 1.70. The van der Waals surface area contributed by atoms with Gasteiger partial charge in [-0.2, -0.15) is 0 Å². The molecule has 1 fully saturated rings. The van der Waals surface area contributed by atoms with Crippen molar-refractivity contribution in [3.8, 4) is 0 Å². The molecule has 3 aliphatic carbocycles. The normalized spacial score (nSPS) is 35.2. The Hall–Kier alpha value is -1.69. The van der Waals surface area contributed by atoms with E-state index in [0.29, 0.717) is 12.8 Å². The standard InChI is InChI=1S/C26H39NO4/c1-17(2)22-16-26(22,24(30)31)27-25(4,23(28)29)15-19-10-12-20(13-11-19)21-9-7-5-6-8-18(3)14-21/h5,7-8,12,14,17,19,22-23,27-29H,6,9-11,13,15-16H2,1-4H3,(H,30,31)/b7-5+,18-8-,21-14+/t19?,22?,25-,26?/m0/s1. The van der Waals surface area contributed by atoms with Crippen LogP contribution in [0.1, 0.15) is 72.6 Å². The van der Waals surface area contributed by atoms with E-state index < -0.39 is 23.3 Å². The second-order valence-electron chi connectivity index (χ2n) is 10.4. The van der Waals surface area contributed by atoms with Gasteiger partial charge in [-0.25, -0.2) is 0 Å². The van der Waals surface area contributed by atoms with Crippen LogP contribution in [-0.4, -0.2) is 38.7 Å². The Kier molecular flexibility index (Phi) is 7.29. The zero-order valence-corrected chi connectivity index (χ0v) is 19.4. The van der Waals surface area contributed by atoms with E-state index in [1.807, 2.05) is 13.8 Å². The average Bonchev–Trinajstić information content (AvgIpc) is 3.41. The van der Waals surface area contributed by atoms with Crippen molar-refractivity contribution < 1.29 is 20.1 Å². The van der Waals surface area contributed by atoms with E-state index >= 15 is 0 Å². The highest BCUT2D eigenvalue weighted by Crippen LogP contribution is 2.50. The van der Waals surface area contributed by atoms with Crippen molar-refractivity contribution in [2.75, 3.05) is 0 Å². The van der Waals surface area contributed by atoms with Crippen LogP contribution in [0.5, 0.6) is 0 Å². The molecule has 4 N–H and O–H groups in total. The van der Waals surface area contributed by atoms with Crippen molar-refractivity contribution in [2.45, 2.75) is 90.0 Å². The quantitative estimate of drug-likeness (QED) is 0.337. The number of nitrogens with one attached hydrogen (secondary N) is 1. The van der Waals surface area contributed by atoms with Crippen LogP contribution in [-0.2, 0) is 4.79 Å². The lowest BCUT2D eigenvalue weighted by Crippen LogP contribution is -2.61. The highest BCUT2D eigenvalue weighted by atomic mass is 16.5. The first-order valence-electron chi connectivity index (χ1n) is 11.7. The molecule has 4 atom stereocenters. The van der Waals surface area contributed by atoms with Gasteiger partial charge in [-0.3, -0.25) is 10.1 Å². The summed E-state index contributed by atoms with van der Waals surface area (Å²) >= 11 is 0. The first-order valence-corrected chi connectivity index (χ1v) is 11.7. The maximum absolute atomic E-state index is 12.0. The molecule has 0 amide bonds. The lowest BCUT2D eigenvalue weighted by atomic mass is 9.78. The lowest BCUT2D eigenvalue weighted by molar-refractivity contribution is -0.147. The minimum atomic E-state index is -1.62. The Morgan fingerprint density at radius 3 is 2.55 bits per heavy atom. The van der Waals surface area contributed by atoms with Crippen LogP contribution >= 0.6 is 0 Å². The van der Waals surface area contributed by atoms with Crippen molar-refractivity contribution >= 4 is 5.97 Å². The molecule has 1 saturated carbocycles. The summed E-state index contributed by atoms with van der Waals surface area (Å²) in [4.78, 5) is 12.0. The fourth-order valence-electron chi connectivity index (χ4n) is 5.41. The van der Waals surface area contributed by atoms with E-state index in [1.165, 1.54) is 16.7 Å². The van der Waals surface area contributed by atoms with E-state index in [-0.39, 0.29) is 17.8 Å². The molecule has 172 valence electrons. The van der Waals surface area contributed by atoms with Crippen LogP contribution < -0.4 is 5.32 Å². The van der Waals surface area contributed by atoms with Crippen molar-refractivity contribution in [1.29, 1.82) is 0 Å². The van der Waals surface area contributed by atoms with Gasteiger partial charge in [0.15, 0.2) is 6.29 Å². The number of carboxylic acids is 1. The van der Waals surface area contributed by atoms with E-state index in [4.69, 9.17) is 0 Å². The average molecular weight is 430 g/mol. The third-order valence-electron chi connectivity index (χ3n) is 7.41. The number of carboxylic acid groups (broad SMARTS) is 1. The minimum absolute atomic E-state index is 0.0107. The summed E-state index contributed by atoms with van der Waals surface area (Å²) in [6.07, 6.45) is 15.5. The fourth-order valence-corrected chi connectivity index (χ4v) is 5.41. The molecule has 0 aromatic heterocycles. The fraction of sp³-hybridized carbons (Fsp3) is 0.654. The molecule has 0 spiro atoms. The number of aliphatic hydroxyl groups is 2. The van der Waals surface area contributed by atoms with Crippen molar-refractivity contribution in [3.63, 3.8) is 0 Å². The van der Waals surface area contributed by atoms with Crippen LogP contribution in [0, 0.1) is 17.8 Å². The largest absolute Gasteiger partial charge is 0.480 e. The van der Waals surface area contributed by atoms with Crippen molar-refractivity contribution in [2.24, 2.45) is 17.8 Å². The maximum Gasteiger partial charge on any atom is 0.324 e. The van der Waals surface area contributed by atoms with Gasteiger partial charge in [0.2, 0.25) is 0 Å². The Labute approximate surface area is 186 Å². The monoisotopic (exact) mass is 429 g/mol. The maximum atomic E-state index is 12.0. The minimum Gasteiger partial charge on any atom is -0.480 e. The molecule has 3 aliphatic rings. The molecule has 31 heavy (non-hydrogen) atoms. The summed E-state index contributed by atoms with van der Waals surface area (Å²) in [6.45, 7) is 7.94. The molecule has 0 bridgehead atoms. The third-order valence-corrected chi connectivity index (χ3v) is 7.41. The number of carbonyl (C=O) groups is 1. The van der Waals surface area contributed by atoms with Gasteiger partial charge in [-0.05, 0) is 87.7 Å². The van der Waals surface area contributed by atoms with Gasteiger partial charge in [0.1, 0.15) is 5.54 Å². The van der Waals surface area contributed by atoms with Crippen LogP contribution in [0.4, 0.5) is 0 Å². The van der Waals surface area contributed by atoms with Gasteiger partial charge in [0, 0.05) is 0 Å². The highest BCUT2D eigenvalue weighted by Gasteiger charge is 2.64. The first kappa shape index (κ1) is 24.0. The molecule has 5 heteroatoms. The summed E-state index contributed by atoms with van der Waals surface area (Å²) in [5.74, 6) is -0.368. The van der Waals surface area contributed by atoms with E-state index in [2.05, 4.69) is 42.6 Å². The molecule has 0 aromatic carbocycles. The van der Waals surface area contributed by atoms with E-state index in [9.17, 15) is 20.1 Å². The SMILES string of the molecule is CC1=C/C/C=C/C/C(C2=CCC(C[C@](C)(NC3(C(=O)O)CC3C(C)C)C(O)O)CC2)=C\1. The van der Waals surface area contributed by atoms with Crippen molar-refractivity contribution in [1.82, 2.24) is 5.32 Å². The number of allylic oxidation sites excluding steroid dienone is 8. The summed E-state index contributed by atoms with van der Waals surface area (Å²) in [5.41, 5.74) is 1.94. The summed E-state index contributed by atoms with van der Waals surface area (Å²) in [5, 5.41) is 33.5. The van der Waals surface area contributed by atoms with E-state index in [1.54, 1.807) is 6.92 Å². The Morgan fingerprint density at radius 2 is 2.00 bits per heavy atom. The molecule has 3 rings (SSSR count).